The molecule has 0 radical (unpaired) electrons. The summed E-state index contributed by atoms with van der Waals surface area (Å²) in [6, 6.07) is 5.31. The van der Waals surface area contributed by atoms with Crippen LogP contribution >= 0.6 is 0 Å². The van der Waals surface area contributed by atoms with Crippen LogP contribution in [0, 0.1) is 0 Å². The van der Waals surface area contributed by atoms with E-state index < -0.39 is 25.9 Å². The maximum atomic E-state index is 12.0. The van der Waals surface area contributed by atoms with Gasteiger partial charge in [-0.05, 0) is 30.7 Å². The highest BCUT2D eigenvalue weighted by atomic mass is 32.2. The minimum Gasteiger partial charge on any atom is -0.324 e. The van der Waals surface area contributed by atoms with Crippen LogP contribution < -0.4 is 16.0 Å². The largest absolute Gasteiger partial charge is 0.324 e. The summed E-state index contributed by atoms with van der Waals surface area (Å²) < 4.78 is 49.1. The lowest BCUT2D eigenvalue weighted by Crippen LogP contribution is -2.35. The molecule has 1 saturated heterocycles. The first-order chi connectivity index (χ1) is 8.82. The van der Waals surface area contributed by atoms with E-state index in [1.807, 2.05) is 0 Å². The summed E-state index contributed by atoms with van der Waals surface area (Å²) in [5.74, 6) is 5.07. The van der Waals surface area contributed by atoms with Gasteiger partial charge in [0.1, 0.15) is 0 Å². The number of anilines is 1. The monoisotopic (exact) mass is 305 g/mol. The van der Waals surface area contributed by atoms with Gasteiger partial charge in [-0.15, -0.1) is 0 Å². The SMILES string of the molecule is NNc1ccc(S(=O)(=O)NC2CCS(=O)(=O)C2)cc1. The van der Waals surface area contributed by atoms with E-state index in [1.54, 1.807) is 0 Å². The Balaban J connectivity index is 2.14. The van der Waals surface area contributed by atoms with E-state index in [0.29, 0.717) is 12.1 Å². The summed E-state index contributed by atoms with van der Waals surface area (Å²) in [4.78, 5) is 0.0794. The second-order valence-corrected chi connectivity index (χ2v) is 8.33. The highest BCUT2D eigenvalue weighted by Gasteiger charge is 2.31. The Labute approximate surface area is 112 Å². The Morgan fingerprint density at radius 2 is 1.84 bits per heavy atom. The number of sulfone groups is 1. The summed E-state index contributed by atoms with van der Waals surface area (Å²) in [5.41, 5.74) is 2.98. The van der Waals surface area contributed by atoms with Crippen molar-refractivity contribution in [3.05, 3.63) is 24.3 Å². The minimum absolute atomic E-state index is 0.0240. The quantitative estimate of drug-likeness (QED) is 0.507. The van der Waals surface area contributed by atoms with Crippen LogP contribution in [0.2, 0.25) is 0 Å². The van der Waals surface area contributed by atoms with Gasteiger partial charge in [0.25, 0.3) is 0 Å². The zero-order valence-corrected chi connectivity index (χ0v) is 11.7. The molecule has 2 rings (SSSR count). The fraction of sp³-hybridized carbons (Fsp3) is 0.400. The molecule has 1 aliphatic heterocycles. The van der Waals surface area contributed by atoms with Crippen molar-refractivity contribution in [1.29, 1.82) is 0 Å². The average Bonchev–Trinajstić information content (AvgIpc) is 2.68. The molecule has 1 fully saturated rings. The third kappa shape index (κ3) is 3.44. The number of rotatable bonds is 4. The van der Waals surface area contributed by atoms with E-state index in [9.17, 15) is 16.8 Å². The Morgan fingerprint density at radius 1 is 1.21 bits per heavy atom. The molecule has 1 aromatic rings. The molecule has 0 aromatic heterocycles. The summed E-state index contributed by atoms with van der Waals surface area (Å²) >= 11 is 0. The molecule has 1 atom stereocenters. The van der Waals surface area contributed by atoms with E-state index in [-0.39, 0.29) is 16.4 Å². The molecule has 0 aliphatic carbocycles. The topological polar surface area (TPSA) is 118 Å². The van der Waals surface area contributed by atoms with Gasteiger partial charge in [0, 0.05) is 11.7 Å². The highest BCUT2D eigenvalue weighted by molar-refractivity contribution is 7.92. The molecule has 106 valence electrons. The van der Waals surface area contributed by atoms with Gasteiger partial charge in [0.15, 0.2) is 9.84 Å². The first-order valence-electron chi connectivity index (χ1n) is 5.62. The molecule has 1 heterocycles. The summed E-state index contributed by atoms with van der Waals surface area (Å²) in [7, 11) is -6.82. The molecule has 7 nitrogen and oxygen atoms in total. The van der Waals surface area contributed by atoms with Crippen LogP contribution in [0.1, 0.15) is 6.42 Å². The summed E-state index contributed by atoms with van der Waals surface area (Å²) in [5, 5.41) is 0. The predicted octanol–water partition coefficient (Wildman–Crippen LogP) is -0.562. The standard InChI is InChI=1S/C10H15N3O4S2/c11-12-8-1-3-10(4-2-8)19(16,17)13-9-5-6-18(14,15)7-9/h1-4,9,12-13H,5-7,11H2. The smallest absolute Gasteiger partial charge is 0.240 e. The van der Waals surface area contributed by atoms with Crippen molar-refractivity contribution < 1.29 is 16.8 Å². The first-order valence-corrected chi connectivity index (χ1v) is 8.92. The second kappa shape index (κ2) is 5.08. The molecular weight excluding hydrogens is 290 g/mol. The third-order valence-corrected chi connectivity index (χ3v) is 6.19. The van der Waals surface area contributed by atoms with Gasteiger partial charge in [-0.1, -0.05) is 0 Å². The lowest BCUT2D eigenvalue weighted by Gasteiger charge is -2.11. The van der Waals surface area contributed by atoms with Gasteiger partial charge >= 0.3 is 0 Å². The molecule has 0 bridgehead atoms. The van der Waals surface area contributed by atoms with Crippen molar-refractivity contribution in [3.8, 4) is 0 Å². The van der Waals surface area contributed by atoms with Crippen LogP contribution in [0.25, 0.3) is 0 Å². The van der Waals surface area contributed by atoms with E-state index in [2.05, 4.69) is 10.1 Å². The Kier molecular flexibility index (Phi) is 3.81. The Bertz CT molecular complexity index is 653. The fourth-order valence-corrected chi connectivity index (χ4v) is 4.96. The van der Waals surface area contributed by atoms with E-state index in [1.165, 1.54) is 24.3 Å². The molecule has 1 aliphatic rings. The van der Waals surface area contributed by atoms with Gasteiger partial charge < -0.3 is 5.43 Å². The van der Waals surface area contributed by atoms with Crippen molar-refractivity contribution in [2.45, 2.75) is 17.4 Å². The maximum Gasteiger partial charge on any atom is 0.240 e. The third-order valence-electron chi connectivity index (χ3n) is 2.89. The van der Waals surface area contributed by atoms with Crippen LogP contribution in [0.4, 0.5) is 5.69 Å². The molecule has 0 amide bonds. The molecular formula is C10H15N3O4S2. The van der Waals surface area contributed by atoms with Crippen LogP contribution in [0.5, 0.6) is 0 Å². The van der Waals surface area contributed by atoms with Crippen LogP contribution in [-0.2, 0) is 19.9 Å². The van der Waals surface area contributed by atoms with Gasteiger partial charge in [-0.25, -0.2) is 21.6 Å². The van der Waals surface area contributed by atoms with E-state index >= 15 is 0 Å². The maximum absolute atomic E-state index is 12.0. The predicted molar refractivity (Wildman–Crippen MR) is 71.6 cm³/mol. The fourth-order valence-electron chi connectivity index (χ4n) is 1.91. The summed E-state index contributed by atoms with van der Waals surface area (Å²) in [6.07, 6.45) is 0.310. The zero-order chi connectivity index (χ0) is 14.1. The van der Waals surface area contributed by atoms with E-state index in [0.717, 1.165) is 0 Å². The number of sulfonamides is 1. The van der Waals surface area contributed by atoms with Gasteiger partial charge in [-0.2, -0.15) is 0 Å². The van der Waals surface area contributed by atoms with Crippen molar-refractivity contribution in [3.63, 3.8) is 0 Å². The number of nitrogen functional groups attached to an aromatic ring is 1. The molecule has 19 heavy (non-hydrogen) atoms. The average molecular weight is 305 g/mol. The second-order valence-electron chi connectivity index (χ2n) is 4.39. The molecule has 0 saturated carbocycles. The van der Waals surface area contributed by atoms with Crippen LogP contribution in [0.3, 0.4) is 0 Å². The highest BCUT2D eigenvalue weighted by Crippen LogP contribution is 2.17. The Hall–Kier alpha value is -1.16. The van der Waals surface area contributed by atoms with Crippen LogP contribution in [0.15, 0.2) is 29.2 Å². The molecule has 4 N–H and O–H groups in total. The van der Waals surface area contributed by atoms with E-state index in [4.69, 9.17) is 5.84 Å². The minimum atomic E-state index is -3.70. The first kappa shape index (κ1) is 14.3. The van der Waals surface area contributed by atoms with Crippen molar-refractivity contribution in [2.24, 2.45) is 5.84 Å². The zero-order valence-electron chi connectivity index (χ0n) is 10.0. The summed E-state index contributed by atoms with van der Waals surface area (Å²) in [6.45, 7) is 0. The normalized spacial score (nSPS) is 22.3. The van der Waals surface area contributed by atoms with Gasteiger partial charge in [-0.3, -0.25) is 5.84 Å². The van der Waals surface area contributed by atoms with Crippen molar-refractivity contribution in [2.75, 3.05) is 16.9 Å². The number of hydrogen-bond donors (Lipinski definition) is 3. The molecule has 1 aromatic carbocycles. The van der Waals surface area contributed by atoms with Crippen molar-refractivity contribution in [1.82, 2.24) is 4.72 Å². The molecule has 1 unspecified atom stereocenters. The lowest BCUT2D eigenvalue weighted by atomic mass is 10.3. The van der Waals surface area contributed by atoms with Gasteiger partial charge in [0.05, 0.1) is 16.4 Å². The molecule has 0 spiro atoms. The number of nitrogens with two attached hydrogens (primary N) is 1. The van der Waals surface area contributed by atoms with Crippen molar-refractivity contribution >= 4 is 25.5 Å². The molecule has 9 heteroatoms. The Morgan fingerprint density at radius 3 is 2.32 bits per heavy atom. The lowest BCUT2D eigenvalue weighted by molar-refractivity contribution is 0.562. The number of hydrazine groups is 1. The van der Waals surface area contributed by atoms with Gasteiger partial charge in [0.2, 0.25) is 10.0 Å². The number of nitrogens with one attached hydrogen (secondary N) is 2. The number of benzene rings is 1. The van der Waals surface area contributed by atoms with Crippen LogP contribution in [-0.4, -0.2) is 34.4 Å². The number of hydrogen-bond acceptors (Lipinski definition) is 6.